The number of methoxy groups -OCH3 is 1. The molecule has 3 aromatic rings. The summed E-state index contributed by atoms with van der Waals surface area (Å²) >= 11 is 0. The van der Waals surface area contributed by atoms with Gasteiger partial charge in [-0.3, -0.25) is 0 Å². The summed E-state index contributed by atoms with van der Waals surface area (Å²) in [6.07, 6.45) is 1.03. The maximum atomic E-state index is 15.1. The van der Waals surface area contributed by atoms with Crippen LogP contribution >= 0.6 is 0 Å². The summed E-state index contributed by atoms with van der Waals surface area (Å²) in [5, 5.41) is 7.71. The van der Waals surface area contributed by atoms with Crippen molar-refractivity contribution in [2.75, 3.05) is 25.9 Å². The number of nitrogen functional groups attached to an aromatic ring is 1. The smallest absolute Gasteiger partial charge is 0.223 e. The van der Waals surface area contributed by atoms with Crippen LogP contribution in [0.2, 0.25) is 0 Å². The van der Waals surface area contributed by atoms with Crippen LogP contribution in [-0.4, -0.2) is 39.8 Å². The van der Waals surface area contributed by atoms with E-state index in [-0.39, 0.29) is 29.6 Å². The Hall–Kier alpha value is -2.55. The summed E-state index contributed by atoms with van der Waals surface area (Å²) in [6, 6.07) is 2.76. The van der Waals surface area contributed by atoms with E-state index < -0.39 is 11.5 Å². The maximum absolute atomic E-state index is 15.1. The first kappa shape index (κ1) is 15.0. The summed E-state index contributed by atoms with van der Waals surface area (Å²) in [5.74, 6) is -0.536. The van der Waals surface area contributed by atoms with Crippen molar-refractivity contribution in [3.8, 4) is 5.75 Å². The Bertz CT molecular complexity index is 935. The van der Waals surface area contributed by atoms with Crippen LogP contribution in [0.4, 0.5) is 14.7 Å². The highest BCUT2D eigenvalue weighted by atomic mass is 19.1. The van der Waals surface area contributed by atoms with Gasteiger partial charge in [0.15, 0.2) is 28.7 Å². The van der Waals surface area contributed by atoms with Gasteiger partial charge in [-0.15, -0.1) is 5.10 Å². The molecule has 3 heterocycles. The molecule has 7 nitrogen and oxygen atoms in total. The average Bonchev–Trinajstić information content (AvgIpc) is 3.02. The Kier molecular flexibility index (Phi) is 3.27. The van der Waals surface area contributed by atoms with Crippen molar-refractivity contribution in [2.45, 2.75) is 18.5 Å². The van der Waals surface area contributed by atoms with E-state index in [9.17, 15) is 4.39 Å². The number of rotatable bonds is 2. The van der Waals surface area contributed by atoms with Crippen molar-refractivity contribution in [1.82, 2.24) is 24.9 Å². The fourth-order valence-electron chi connectivity index (χ4n) is 3.09. The lowest BCUT2D eigenvalue weighted by Gasteiger charge is -2.27. The number of nitrogens with two attached hydrogens (primary N) is 1. The standard InChI is InChI=1S/C15H16F2N6O/c1-24-11-9(16)4-3-8-10(11)20-14(18)23-12(8)21-13(22-23)15(17)5-2-6-19-7-15/h3-4,19H,2,5-7H2,1H3,(H2,18,20). The van der Waals surface area contributed by atoms with Crippen molar-refractivity contribution in [2.24, 2.45) is 0 Å². The van der Waals surface area contributed by atoms with Crippen LogP contribution in [0, 0.1) is 5.82 Å². The zero-order valence-corrected chi connectivity index (χ0v) is 13.0. The molecule has 1 saturated heterocycles. The molecule has 1 aliphatic rings. The molecule has 1 unspecified atom stereocenters. The van der Waals surface area contributed by atoms with Gasteiger partial charge in [0.1, 0.15) is 5.52 Å². The minimum absolute atomic E-state index is 0.00693. The lowest BCUT2D eigenvalue weighted by molar-refractivity contribution is 0.111. The molecule has 24 heavy (non-hydrogen) atoms. The van der Waals surface area contributed by atoms with E-state index in [1.165, 1.54) is 23.8 Å². The van der Waals surface area contributed by atoms with Crippen LogP contribution in [0.25, 0.3) is 16.6 Å². The first-order valence-electron chi connectivity index (χ1n) is 7.62. The third-order valence-corrected chi connectivity index (χ3v) is 4.31. The lowest BCUT2D eigenvalue weighted by atomic mass is 9.95. The Labute approximate surface area is 135 Å². The van der Waals surface area contributed by atoms with E-state index in [4.69, 9.17) is 10.5 Å². The fraction of sp³-hybridized carbons (Fsp3) is 0.400. The van der Waals surface area contributed by atoms with Crippen LogP contribution in [0.3, 0.4) is 0 Å². The van der Waals surface area contributed by atoms with Gasteiger partial charge in [0.2, 0.25) is 5.95 Å². The molecule has 0 saturated carbocycles. The second-order valence-corrected chi connectivity index (χ2v) is 5.86. The largest absolute Gasteiger partial charge is 0.491 e. The highest BCUT2D eigenvalue weighted by Crippen LogP contribution is 2.34. The topological polar surface area (TPSA) is 90.4 Å². The molecule has 3 N–H and O–H groups in total. The molecule has 1 fully saturated rings. The van der Waals surface area contributed by atoms with Crippen molar-refractivity contribution >= 4 is 22.5 Å². The lowest BCUT2D eigenvalue weighted by Crippen LogP contribution is -2.40. The Morgan fingerprint density at radius 2 is 2.21 bits per heavy atom. The molecule has 126 valence electrons. The Balaban J connectivity index is 1.99. The van der Waals surface area contributed by atoms with Gasteiger partial charge in [-0.25, -0.2) is 18.7 Å². The number of benzene rings is 1. The number of halogens is 2. The summed E-state index contributed by atoms with van der Waals surface area (Å²) in [5.41, 5.74) is 4.82. The Morgan fingerprint density at radius 3 is 2.92 bits per heavy atom. The molecule has 2 aromatic heterocycles. The van der Waals surface area contributed by atoms with Crippen LogP contribution in [0.15, 0.2) is 12.1 Å². The minimum atomic E-state index is -1.66. The summed E-state index contributed by atoms with van der Waals surface area (Å²) < 4.78 is 35.4. The van der Waals surface area contributed by atoms with Gasteiger partial charge in [0.05, 0.1) is 7.11 Å². The predicted molar refractivity (Wildman–Crippen MR) is 84.1 cm³/mol. The van der Waals surface area contributed by atoms with Crippen LogP contribution in [-0.2, 0) is 5.67 Å². The zero-order chi connectivity index (χ0) is 16.9. The quantitative estimate of drug-likeness (QED) is 0.739. The number of aromatic nitrogens is 4. The highest BCUT2D eigenvalue weighted by molar-refractivity contribution is 5.96. The molecule has 1 aliphatic heterocycles. The van der Waals surface area contributed by atoms with Gasteiger partial charge in [-0.05, 0) is 31.5 Å². The highest BCUT2D eigenvalue weighted by Gasteiger charge is 2.38. The van der Waals surface area contributed by atoms with Crippen LogP contribution in [0.5, 0.6) is 5.75 Å². The minimum Gasteiger partial charge on any atom is -0.491 e. The van der Waals surface area contributed by atoms with E-state index in [1.807, 2.05) is 0 Å². The fourth-order valence-corrected chi connectivity index (χ4v) is 3.09. The first-order chi connectivity index (χ1) is 11.5. The summed E-state index contributed by atoms with van der Waals surface area (Å²) in [4.78, 5) is 8.49. The molecule has 4 rings (SSSR count). The van der Waals surface area contributed by atoms with Crippen LogP contribution in [0.1, 0.15) is 18.7 Å². The molecule has 0 bridgehead atoms. The number of fused-ring (bicyclic) bond motifs is 3. The van der Waals surface area contributed by atoms with Gasteiger partial charge >= 0.3 is 0 Å². The predicted octanol–water partition coefficient (Wildman–Crippen LogP) is 1.56. The van der Waals surface area contributed by atoms with Gasteiger partial charge < -0.3 is 15.8 Å². The van der Waals surface area contributed by atoms with Crippen molar-refractivity contribution in [1.29, 1.82) is 0 Å². The van der Waals surface area contributed by atoms with Gasteiger partial charge in [-0.2, -0.15) is 4.52 Å². The molecular weight excluding hydrogens is 318 g/mol. The number of nitrogens with zero attached hydrogens (tertiary/aromatic N) is 4. The van der Waals surface area contributed by atoms with E-state index in [1.54, 1.807) is 0 Å². The van der Waals surface area contributed by atoms with Gasteiger partial charge in [0.25, 0.3) is 0 Å². The molecule has 0 aliphatic carbocycles. The van der Waals surface area contributed by atoms with E-state index in [0.717, 1.165) is 6.54 Å². The molecular formula is C15H16F2N6O. The van der Waals surface area contributed by atoms with Crippen molar-refractivity contribution in [3.63, 3.8) is 0 Å². The zero-order valence-electron chi connectivity index (χ0n) is 13.0. The molecule has 0 spiro atoms. The number of ether oxygens (including phenoxy) is 1. The van der Waals surface area contributed by atoms with E-state index in [2.05, 4.69) is 20.4 Å². The normalized spacial score (nSPS) is 21.5. The van der Waals surface area contributed by atoms with E-state index >= 15 is 4.39 Å². The van der Waals surface area contributed by atoms with E-state index in [0.29, 0.717) is 23.9 Å². The molecule has 9 heteroatoms. The van der Waals surface area contributed by atoms with Crippen molar-refractivity contribution in [3.05, 3.63) is 23.8 Å². The van der Waals surface area contributed by atoms with Crippen LogP contribution < -0.4 is 15.8 Å². The third-order valence-electron chi connectivity index (χ3n) is 4.31. The summed E-state index contributed by atoms with van der Waals surface area (Å²) in [7, 11) is 1.35. The van der Waals surface area contributed by atoms with Crippen molar-refractivity contribution < 1.29 is 13.5 Å². The maximum Gasteiger partial charge on any atom is 0.223 e. The Morgan fingerprint density at radius 1 is 1.38 bits per heavy atom. The first-order valence-corrected chi connectivity index (χ1v) is 7.62. The second kappa shape index (κ2) is 5.23. The number of hydrogen-bond acceptors (Lipinski definition) is 6. The number of hydrogen-bond donors (Lipinski definition) is 2. The monoisotopic (exact) mass is 334 g/mol. The number of alkyl halides is 1. The van der Waals surface area contributed by atoms with Gasteiger partial charge in [0, 0.05) is 11.9 Å². The second-order valence-electron chi connectivity index (χ2n) is 5.86. The SMILES string of the molecule is COc1c(F)ccc2c1nc(N)n1nc(C3(F)CCCNC3)nc21. The third kappa shape index (κ3) is 2.08. The van der Waals surface area contributed by atoms with Gasteiger partial charge in [-0.1, -0.05) is 0 Å². The average molecular weight is 334 g/mol. The summed E-state index contributed by atoms with van der Waals surface area (Å²) in [6.45, 7) is 0.912. The molecule has 1 atom stereocenters. The number of anilines is 1. The molecule has 0 radical (unpaired) electrons. The number of nitrogens with one attached hydrogen (secondary N) is 1. The molecule has 0 amide bonds. The molecule has 1 aromatic carbocycles. The number of piperidine rings is 1.